The molecule has 2 rings (SSSR count). The molecule has 2 N–H and O–H groups in total. The van der Waals surface area contributed by atoms with Gasteiger partial charge in [-0.2, -0.15) is 5.10 Å². The summed E-state index contributed by atoms with van der Waals surface area (Å²) >= 11 is 11.8. The molecule has 0 unspecified atom stereocenters. The van der Waals surface area contributed by atoms with Gasteiger partial charge in [-0.05, 0) is 36.4 Å². The summed E-state index contributed by atoms with van der Waals surface area (Å²) in [6.45, 7) is 0. The summed E-state index contributed by atoms with van der Waals surface area (Å²) in [5.41, 5.74) is 4.10. The van der Waals surface area contributed by atoms with Gasteiger partial charge in [0.05, 0.1) is 5.69 Å². The fourth-order valence-electron chi connectivity index (χ4n) is 1.78. The summed E-state index contributed by atoms with van der Waals surface area (Å²) in [5.74, 6) is -0.142. The number of nitrogens with zero attached hydrogens (tertiary/aromatic N) is 2. The molecule has 0 aromatic heterocycles. The third-order valence-corrected chi connectivity index (χ3v) is 3.29. The maximum atomic E-state index is 12.4. The van der Waals surface area contributed by atoms with Crippen LogP contribution in [0, 0.1) is 0 Å². The van der Waals surface area contributed by atoms with Crippen LogP contribution in [0.5, 0.6) is 0 Å². The minimum atomic E-state index is -0.355. The van der Waals surface area contributed by atoms with E-state index in [1.54, 1.807) is 67.5 Å². The monoisotopic (exact) mass is 350 g/mol. The lowest BCUT2D eigenvalue weighted by molar-refractivity contribution is -0.110. The minimum Gasteiger partial charge on any atom is -0.357 e. The summed E-state index contributed by atoms with van der Waals surface area (Å²) in [4.78, 5) is 14.0. The molecule has 7 heteroatoms. The predicted molar refractivity (Wildman–Crippen MR) is 96.3 cm³/mol. The number of amides is 1. The quantitative estimate of drug-likeness (QED) is 0.501. The van der Waals surface area contributed by atoms with E-state index in [0.29, 0.717) is 21.4 Å². The zero-order chi connectivity index (χ0) is 16.8. The molecule has 0 fully saturated rings. The summed E-state index contributed by atoms with van der Waals surface area (Å²) in [7, 11) is 3.46. The molecule has 0 bridgehead atoms. The number of halogens is 2. The number of hydrogen-bond acceptors (Lipinski definition) is 3. The standard InChI is InChI=1S/C16H16Cl2N4O/c1-22(2)15(21-20-14-8-4-6-12(18)10-14)16(23)19-13-7-3-5-11(17)9-13/h3-10,20H,1-2H3,(H,19,23)/b21-15-. The number of anilines is 2. The van der Waals surface area contributed by atoms with Crippen LogP contribution in [0.4, 0.5) is 11.4 Å². The predicted octanol–water partition coefficient (Wildman–Crippen LogP) is 3.92. The number of nitrogens with one attached hydrogen (secondary N) is 2. The molecule has 5 nitrogen and oxygen atoms in total. The van der Waals surface area contributed by atoms with Crippen molar-refractivity contribution in [2.45, 2.75) is 0 Å². The first-order chi connectivity index (χ1) is 11.0. The largest absolute Gasteiger partial charge is 0.357 e. The van der Waals surface area contributed by atoms with Gasteiger partial charge in [0, 0.05) is 29.8 Å². The average Bonchev–Trinajstić information content (AvgIpc) is 2.47. The van der Waals surface area contributed by atoms with Crippen LogP contribution < -0.4 is 10.7 Å². The van der Waals surface area contributed by atoms with Crippen LogP contribution in [0.2, 0.25) is 10.0 Å². The average molecular weight is 351 g/mol. The Morgan fingerprint density at radius 3 is 2.13 bits per heavy atom. The molecule has 0 heterocycles. The Kier molecular flexibility index (Phi) is 5.84. The Morgan fingerprint density at radius 1 is 1.00 bits per heavy atom. The molecule has 0 saturated heterocycles. The van der Waals surface area contributed by atoms with Crippen molar-refractivity contribution in [1.82, 2.24) is 4.90 Å². The van der Waals surface area contributed by atoms with Crippen molar-refractivity contribution >= 4 is 46.3 Å². The molecule has 2 aromatic rings. The molecule has 0 spiro atoms. The summed E-state index contributed by atoms with van der Waals surface area (Å²) in [5, 5.41) is 8.02. The van der Waals surface area contributed by atoms with E-state index in [1.807, 2.05) is 0 Å². The Hall–Kier alpha value is -2.24. The van der Waals surface area contributed by atoms with Crippen LogP contribution in [-0.2, 0) is 4.79 Å². The van der Waals surface area contributed by atoms with Crippen molar-refractivity contribution < 1.29 is 4.79 Å². The van der Waals surface area contributed by atoms with Gasteiger partial charge in [0.15, 0.2) is 0 Å². The van der Waals surface area contributed by atoms with Gasteiger partial charge in [-0.1, -0.05) is 35.3 Å². The molecule has 0 aliphatic heterocycles. The number of benzene rings is 2. The molecule has 2 aromatic carbocycles. The summed E-state index contributed by atoms with van der Waals surface area (Å²) < 4.78 is 0. The maximum Gasteiger partial charge on any atom is 0.293 e. The SMILES string of the molecule is CN(C)/C(=N\Nc1cccc(Cl)c1)C(=O)Nc1cccc(Cl)c1. The second kappa shape index (κ2) is 7.85. The second-order valence-corrected chi connectivity index (χ2v) is 5.79. The second-order valence-electron chi connectivity index (χ2n) is 4.92. The van der Waals surface area contributed by atoms with Gasteiger partial charge in [0.1, 0.15) is 0 Å². The number of hydrogen-bond donors (Lipinski definition) is 2. The zero-order valence-corrected chi connectivity index (χ0v) is 14.2. The minimum absolute atomic E-state index is 0.213. The van der Waals surface area contributed by atoms with E-state index in [4.69, 9.17) is 23.2 Å². The van der Waals surface area contributed by atoms with Gasteiger partial charge in [0.25, 0.3) is 5.91 Å². The van der Waals surface area contributed by atoms with E-state index in [2.05, 4.69) is 15.8 Å². The van der Waals surface area contributed by atoms with E-state index in [1.165, 1.54) is 0 Å². The summed E-state index contributed by atoms with van der Waals surface area (Å²) in [6, 6.07) is 14.0. The number of carbonyl (C=O) groups excluding carboxylic acids is 1. The molecule has 1 amide bonds. The van der Waals surface area contributed by atoms with E-state index in [0.717, 1.165) is 0 Å². The van der Waals surface area contributed by atoms with Gasteiger partial charge < -0.3 is 10.2 Å². The topological polar surface area (TPSA) is 56.7 Å². The first kappa shape index (κ1) is 17.1. The highest BCUT2D eigenvalue weighted by Gasteiger charge is 2.14. The van der Waals surface area contributed by atoms with Crippen molar-refractivity contribution in [3.8, 4) is 0 Å². The molecule has 0 saturated carbocycles. The van der Waals surface area contributed by atoms with Crippen molar-refractivity contribution in [1.29, 1.82) is 0 Å². The van der Waals surface area contributed by atoms with Crippen molar-refractivity contribution in [2.75, 3.05) is 24.8 Å². The van der Waals surface area contributed by atoms with E-state index in [9.17, 15) is 4.79 Å². The highest BCUT2D eigenvalue weighted by Crippen LogP contribution is 2.16. The summed E-state index contributed by atoms with van der Waals surface area (Å²) in [6.07, 6.45) is 0. The van der Waals surface area contributed by atoms with Gasteiger partial charge in [-0.3, -0.25) is 10.2 Å². The molecular formula is C16H16Cl2N4O. The lowest BCUT2D eigenvalue weighted by atomic mass is 10.3. The molecule has 0 aliphatic carbocycles. The Balaban J connectivity index is 2.13. The number of hydrazone groups is 1. The third-order valence-electron chi connectivity index (χ3n) is 2.82. The van der Waals surface area contributed by atoms with Gasteiger partial charge >= 0.3 is 0 Å². The molecular weight excluding hydrogens is 335 g/mol. The fourth-order valence-corrected chi connectivity index (χ4v) is 2.16. The molecule has 0 aliphatic rings. The molecule has 0 atom stereocenters. The first-order valence-electron chi connectivity index (χ1n) is 6.79. The fraction of sp³-hybridized carbons (Fsp3) is 0.125. The van der Waals surface area contributed by atoms with Gasteiger partial charge in [0.2, 0.25) is 5.84 Å². The van der Waals surface area contributed by atoms with Gasteiger partial charge in [-0.15, -0.1) is 0 Å². The number of carbonyl (C=O) groups is 1. The lowest BCUT2D eigenvalue weighted by Gasteiger charge is -2.15. The molecule has 0 radical (unpaired) electrons. The number of likely N-dealkylation sites (N-methyl/N-ethyl adjacent to an activating group) is 1. The molecule has 120 valence electrons. The van der Waals surface area contributed by atoms with E-state index in [-0.39, 0.29) is 11.7 Å². The highest BCUT2D eigenvalue weighted by molar-refractivity contribution is 6.42. The first-order valence-corrected chi connectivity index (χ1v) is 7.55. The Bertz CT molecular complexity index is 732. The Morgan fingerprint density at radius 2 is 1.57 bits per heavy atom. The zero-order valence-electron chi connectivity index (χ0n) is 12.7. The lowest BCUT2D eigenvalue weighted by Crippen LogP contribution is -2.35. The maximum absolute atomic E-state index is 12.4. The number of amidine groups is 1. The third kappa shape index (κ3) is 5.16. The van der Waals surface area contributed by atoms with Crippen molar-refractivity contribution in [3.63, 3.8) is 0 Å². The number of rotatable bonds is 3. The van der Waals surface area contributed by atoms with Crippen LogP contribution in [0.1, 0.15) is 0 Å². The Labute approximate surface area is 144 Å². The van der Waals surface area contributed by atoms with Crippen LogP contribution in [0.25, 0.3) is 0 Å². The van der Waals surface area contributed by atoms with E-state index >= 15 is 0 Å². The molecule has 23 heavy (non-hydrogen) atoms. The van der Waals surface area contributed by atoms with Crippen LogP contribution in [0.15, 0.2) is 53.6 Å². The normalized spacial score (nSPS) is 11.0. The smallest absolute Gasteiger partial charge is 0.293 e. The van der Waals surface area contributed by atoms with Crippen LogP contribution >= 0.6 is 23.2 Å². The van der Waals surface area contributed by atoms with Crippen LogP contribution in [-0.4, -0.2) is 30.7 Å². The highest BCUT2D eigenvalue weighted by atomic mass is 35.5. The van der Waals surface area contributed by atoms with Crippen molar-refractivity contribution in [2.24, 2.45) is 5.10 Å². The van der Waals surface area contributed by atoms with Crippen LogP contribution in [0.3, 0.4) is 0 Å². The van der Waals surface area contributed by atoms with E-state index < -0.39 is 0 Å². The van der Waals surface area contributed by atoms with Crippen molar-refractivity contribution in [3.05, 3.63) is 58.6 Å². The van der Waals surface area contributed by atoms with Gasteiger partial charge in [-0.25, -0.2) is 0 Å².